The van der Waals surface area contributed by atoms with Gasteiger partial charge in [0.15, 0.2) is 0 Å². The first-order chi connectivity index (χ1) is 12.8. The molecule has 2 fully saturated rings. The van der Waals surface area contributed by atoms with E-state index >= 15 is 0 Å². The van der Waals surface area contributed by atoms with Crippen LogP contribution in [0.2, 0.25) is 0 Å². The fourth-order valence-corrected chi connectivity index (χ4v) is 4.03. The SMILES string of the molecule is CCC1CCC2(CC1)NC(=O)N(CC(=O)Nc1ccc(C(C)C)cc1)C2=O. The van der Waals surface area contributed by atoms with E-state index in [-0.39, 0.29) is 18.4 Å². The summed E-state index contributed by atoms with van der Waals surface area (Å²) in [7, 11) is 0. The van der Waals surface area contributed by atoms with Crippen molar-refractivity contribution in [3.05, 3.63) is 29.8 Å². The summed E-state index contributed by atoms with van der Waals surface area (Å²) in [6.07, 6.45) is 4.28. The molecule has 3 rings (SSSR count). The number of hydrogen-bond acceptors (Lipinski definition) is 3. The Hall–Kier alpha value is -2.37. The second kappa shape index (κ2) is 7.71. The number of urea groups is 1. The molecule has 6 heteroatoms. The van der Waals surface area contributed by atoms with E-state index in [1.807, 2.05) is 24.3 Å². The summed E-state index contributed by atoms with van der Waals surface area (Å²) >= 11 is 0. The van der Waals surface area contributed by atoms with Crippen LogP contribution in [0.15, 0.2) is 24.3 Å². The van der Waals surface area contributed by atoms with Gasteiger partial charge in [0.2, 0.25) is 5.91 Å². The number of imide groups is 1. The maximum atomic E-state index is 12.9. The standard InChI is InChI=1S/C21H29N3O3/c1-4-15-9-11-21(12-10-15)19(26)24(20(27)23-21)13-18(25)22-17-7-5-16(6-8-17)14(2)3/h5-8,14-15H,4,9-13H2,1-3H3,(H,22,25)(H,23,27). The third-order valence-corrected chi connectivity index (χ3v) is 5.94. The predicted molar refractivity (Wildman–Crippen MR) is 104 cm³/mol. The highest BCUT2D eigenvalue weighted by molar-refractivity contribution is 6.10. The van der Waals surface area contributed by atoms with E-state index in [1.54, 1.807) is 0 Å². The van der Waals surface area contributed by atoms with Gasteiger partial charge in [0, 0.05) is 5.69 Å². The lowest BCUT2D eigenvalue weighted by atomic mass is 9.75. The van der Waals surface area contributed by atoms with Gasteiger partial charge in [-0.05, 0) is 55.2 Å². The van der Waals surface area contributed by atoms with E-state index in [0.717, 1.165) is 24.2 Å². The average molecular weight is 371 g/mol. The monoisotopic (exact) mass is 371 g/mol. The van der Waals surface area contributed by atoms with Gasteiger partial charge in [-0.25, -0.2) is 4.79 Å². The number of benzene rings is 1. The number of nitrogens with one attached hydrogen (secondary N) is 2. The van der Waals surface area contributed by atoms with E-state index in [2.05, 4.69) is 31.4 Å². The summed E-state index contributed by atoms with van der Waals surface area (Å²) in [5.41, 5.74) is 1.04. The molecule has 1 aliphatic carbocycles. The summed E-state index contributed by atoms with van der Waals surface area (Å²) in [5, 5.41) is 5.63. The number of hydrogen-bond donors (Lipinski definition) is 2. The van der Waals surface area contributed by atoms with Crippen LogP contribution < -0.4 is 10.6 Å². The Morgan fingerprint density at radius 2 is 1.85 bits per heavy atom. The van der Waals surface area contributed by atoms with E-state index in [9.17, 15) is 14.4 Å². The molecule has 1 aromatic carbocycles. The molecule has 146 valence electrons. The lowest BCUT2D eigenvalue weighted by Crippen LogP contribution is -2.49. The van der Waals surface area contributed by atoms with Crippen LogP contribution in [-0.2, 0) is 9.59 Å². The van der Waals surface area contributed by atoms with Gasteiger partial charge in [0.05, 0.1) is 0 Å². The fourth-order valence-electron chi connectivity index (χ4n) is 4.03. The molecular weight excluding hydrogens is 342 g/mol. The van der Waals surface area contributed by atoms with Crippen LogP contribution in [0.1, 0.15) is 64.4 Å². The Labute approximate surface area is 160 Å². The lowest BCUT2D eigenvalue weighted by Gasteiger charge is -2.34. The number of amides is 4. The molecule has 0 unspecified atom stereocenters. The van der Waals surface area contributed by atoms with Crippen molar-refractivity contribution in [3.63, 3.8) is 0 Å². The summed E-state index contributed by atoms with van der Waals surface area (Å²) in [6.45, 7) is 6.11. The van der Waals surface area contributed by atoms with Crippen LogP contribution >= 0.6 is 0 Å². The topological polar surface area (TPSA) is 78.5 Å². The van der Waals surface area contributed by atoms with E-state index < -0.39 is 11.6 Å². The molecule has 1 aliphatic heterocycles. The Bertz CT molecular complexity index is 719. The molecule has 27 heavy (non-hydrogen) atoms. The smallest absolute Gasteiger partial charge is 0.325 e. The Balaban J connectivity index is 1.61. The van der Waals surface area contributed by atoms with Crippen molar-refractivity contribution in [2.45, 2.75) is 64.3 Å². The number of nitrogens with zero attached hydrogens (tertiary/aromatic N) is 1. The third-order valence-electron chi connectivity index (χ3n) is 5.94. The number of carbonyl (C=O) groups excluding carboxylic acids is 3. The van der Waals surface area contributed by atoms with E-state index in [1.165, 1.54) is 5.56 Å². The van der Waals surface area contributed by atoms with Gasteiger partial charge < -0.3 is 10.6 Å². The predicted octanol–water partition coefficient (Wildman–Crippen LogP) is 3.64. The highest BCUT2D eigenvalue weighted by Crippen LogP contribution is 2.37. The number of carbonyl (C=O) groups is 3. The highest BCUT2D eigenvalue weighted by atomic mass is 16.2. The second-order valence-corrected chi connectivity index (χ2v) is 8.08. The Kier molecular flexibility index (Phi) is 5.53. The molecule has 1 aromatic rings. The van der Waals surface area contributed by atoms with Crippen molar-refractivity contribution in [2.75, 3.05) is 11.9 Å². The largest absolute Gasteiger partial charge is 0.325 e. The zero-order valence-electron chi connectivity index (χ0n) is 16.4. The minimum atomic E-state index is -0.804. The van der Waals surface area contributed by atoms with Gasteiger partial charge >= 0.3 is 6.03 Å². The van der Waals surface area contributed by atoms with Crippen molar-refractivity contribution >= 4 is 23.5 Å². The van der Waals surface area contributed by atoms with Gasteiger partial charge in [-0.1, -0.05) is 39.3 Å². The normalized spacial score (nSPS) is 25.2. The number of anilines is 1. The minimum Gasteiger partial charge on any atom is -0.325 e. The van der Waals surface area contributed by atoms with E-state index in [0.29, 0.717) is 30.4 Å². The molecule has 6 nitrogen and oxygen atoms in total. The quantitative estimate of drug-likeness (QED) is 0.776. The van der Waals surface area contributed by atoms with Crippen molar-refractivity contribution < 1.29 is 14.4 Å². The summed E-state index contributed by atoms with van der Waals surface area (Å²) < 4.78 is 0. The molecule has 4 amide bonds. The average Bonchev–Trinajstić information content (AvgIpc) is 2.87. The van der Waals surface area contributed by atoms with Crippen molar-refractivity contribution in [1.82, 2.24) is 10.2 Å². The Morgan fingerprint density at radius 1 is 1.22 bits per heavy atom. The maximum absolute atomic E-state index is 12.9. The van der Waals surface area contributed by atoms with E-state index in [4.69, 9.17) is 0 Å². The molecule has 1 spiro atoms. The van der Waals surface area contributed by atoms with Gasteiger partial charge in [-0.3, -0.25) is 14.5 Å². The van der Waals surface area contributed by atoms with Gasteiger partial charge in [-0.15, -0.1) is 0 Å². The van der Waals surface area contributed by atoms with Crippen molar-refractivity contribution in [2.24, 2.45) is 5.92 Å². The van der Waals surface area contributed by atoms with Gasteiger partial charge in [-0.2, -0.15) is 0 Å². The highest BCUT2D eigenvalue weighted by Gasteiger charge is 2.52. The first-order valence-corrected chi connectivity index (χ1v) is 9.88. The van der Waals surface area contributed by atoms with Gasteiger partial charge in [0.1, 0.15) is 12.1 Å². The first kappa shape index (κ1) is 19.4. The maximum Gasteiger partial charge on any atom is 0.325 e. The third kappa shape index (κ3) is 3.99. The lowest BCUT2D eigenvalue weighted by molar-refractivity contribution is -0.135. The van der Waals surface area contributed by atoms with Crippen LogP contribution in [0, 0.1) is 5.92 Å². The molecule has 1 heterocycles. The minimum absolute atomic E-state index is 0.254. The van der Waals surface area contributed by atoms with Crippen molar-refractivity contribution in [3.8, 4) is 0 Å². The summed E-state index contributed by atoms with van der Waals surface area (Å²) in [5.74, 6) is 0.411. The number of rotatable bonds is 5. The zero-order valence-corrected chi connectivity index (χ0v) is 16.4. The van der Waals surface area contributed by atoms with Crippen LogP contribution in [0.3, 0.4) is 0 Å². The molecule has 0 bridgehead atoms. The van der Waals surface area contributed by atoms with Crippen molar-refractivity contribution in [1.29, 1.82) is 0 Å². The fraction of sp³-hybridized carbons (Fsp3) is 0.571. The molecule has 0 radical (unpaired) electrons. The second-order valence-electron chi connectivity index (χ2n) is 8.08. The Morgan fingerprint density at radius 3 is 2.41 bits per heavy atom. The molecule has 0 aromatic heterocycles. The molecule has 0 atom stereocenters. The molecule has 1 saturated heterocycles. The molecule has 1 saturated carbocycles. The van der Waals surface area contributed by atoms with Crippen LogP contribution in [-0.4, -0.2) is 34.8 Å². The van der Waals surface area contributed by atoms with Crippen LogP contribution in [0.5, 0.6) is 0 Å². The van der Waals surface area contributed by atoms with Crippen LogP contribution in [0.4, 0.5) is 10.5 Å². The molecular formula is C21H29N3O3. The summed E-state index contributed by atoms with van der Waals surface area (Å²) in [6, 6.07) is 7.16. The zero-order chi connectivity index (χ0) is 19.6. The summed E-state index contributed by atoms with van der Waals surface area (Å²) in [4.78, 5) is 38.6. The molecule has 2 N–H and O–H groups in total. The van der Waals surface area contributed by atoms with Gasteiger partial charge in [0.25, 0.3) is 5.91 Å². The molecule has 2 aliphatic rings. The first-order valence-electron chi connectivity index (χ1n) is 9.88. The van der Waals surface area contributed by atoms with Crippen LogP contribution in [0.25, 0.3) is 0 Å².